The molecule has 0 spiro atoms. The molecule has 1 atom stereocenters. The number of piperazine rings is 1. The number of rotatable bonds is 5. The summed E-state index contributed by atoms with van der Waals surface area (Å²) in [5.41, 5.74) is 2.69. The van der Waals surface area contributed by atoms with Crippen LogP contribution in [0.1, 0.15) is 36.8 Å². The summed E-state index contributed by atoms with van der Waals surface area (Å²) in [6.07, 6.45) is 0.180. The van der Waals surface area contributed by atoms with Gasteiger partial charge in [-0.3, -0.25) is 4.79 Å². The highest BCUT2D eigenvalue weighted by atomic mass is 16.6. The molecule has 2 heterocycles. The maximum atomic E-state index is 14.2. The summed E-state index contributed by atoms with van der Waals surface area (Å²) in [4.78, 5) is 30.6. The van der Waals surface area contributed by atoms with Gasteiger partial charge in [-0.05, 0) is 57.0 Å². The summed E-state index contributed by atoms with van der Waals surface area (Å²) in [7, 11) is 0. The van der Waals surface area contributed by atoms with Gasteiger partial charge in [0.2, 0.25) is 0 Å². The van der Waals surface area contributed by atoms with Gasteiger partial charge in [-0.25, -0.2) is 9.48 Å². The first kappa shape index (κ1) is 26.9. The molecule has 0 bridgehead atoms. The van der Waals surface area contributed by atoms with Crippen molar-refractivity contribution in [3.05, 3.63) is 96.2 Å². The van der Waals surface area contributed by atoms with Crippen LogP contribution in [-0.4, -0.2) is 73.2 Å². The Balaban J connectivity index is 1.51. The van der Waals surface area contributed by atoms with E-state index in [0.717, 1.165) is 11.1 Å². The molecule has 1 fully saturated rings. The van der Waals surface area contributed by atoms with Crippen LogP contribution >= 0.6 is 0 Å². The number of carbonyl (C=O) groups excluding carboxylic acids is 2. The molecule has 9 nitrogen and oxygen atoms in total. The third-order valence-electron chi connectivity index (χ3n) is 6.72. The normalized spacial score (nSPS) is 15.6. The number of aromatic nitrogens is 3. The van der Waals surface area contributed by atoms with E-state index in [9.17, 15) is 14.7 Å². The van der Waals surface area contributed by atoms with Crippen LogP contribution in [0.25, 0.3) is 16.9 Å². The van der Waals surface area contributed by atoms with E-state index in [1.165, 1.54) is 0 Å². The molecule has 1 saturated heterocycles. The lowest BCUT2D eigenvalue weighted by Gasteiger charge is -2.41. The molecule has 3 aromatic carbocycles. The van der Waals surface area contributed by atoms with Gasteiger partial charge in [0.1, 0.15) is 17.0 Å². The van der Waals surface area contributed by atoms with Crippen LogP contribution in [-0.2, 0) is 11.2 Å². The van der Waals surface area contributed by atoms with Crippen molar-refractivity contribution in [1.82, 2.24) is 24.8 Å². The fourth-order valence-corrected chi connectivity index (χ4v) is 4.87. The van der Waals surface area contributed by atoms with Crippen molar-refractivity contribution in [2.24, 2.45) is 0 Å². The maximum absolute atomic E-state index is 14.2. The average molecular weight is 540 g/mol. The van der Waals surface area contributed by atoms with Crippen LogP contribution in [0.5, 0.6) is 5.75 Å². The van der Waals surface area contributed by atoms with Gasteiger partial charge in [0.25, 0.3) is 5.91 Å². The number of hydrogen-bond donors (Lipinski definition) is 1. The van der Waals surface area contributed by atoms with Crippen molar-refractivity contribution in [3.63, 3.8) is 0 Å². The molecule has 5 rings (SSSR count). The molecule has 0 aliphatic carbocycles. The number of aromatic hydroxyl groups is 1. The molecular formula is C31H33N5O4. The predicted octanol–water partition coefficient (Wildman–Crippen LogP) is 4.94. The highest BCUT2D eigenvalue weighted by Crippen LogP contribution is 2.28. The number of hydrogen-bond acceptors (Lipinski definition) is 6. The topological polar surface area (TPSA) is 101 Å². The molecule has 4 aromatic rings. The summed E-state index contributed by atoms with van der Waals surface area (Å²) in [5.74, 6) is -0.123. The minimum Gasteiger partial charge on any atom is -0.508 e. The Kier molecular flexibility index (Phi) is 7.55. The number of amides is 2. The van der Waals surface area contributed by atoms with E-state index in [-0.39, 0.29) is 29.5 Å². The summed E-state index contributed by atoms with van der Waals surface area (Å²) in [6, 6.07) is 25.7. The first-order valence-electron chi connectivity index (χ1n) is 13.3. The van der Waals surface area contributed by atoms with Gasteiger partial charge in [0.05, 0.1) is 11.7 Å². The molecule has 2 amide bonds. The second-order valence-electron chi connectivity index (χ2n) is 10.8. The standard InChI is InChI=1S/C31H33N5O4/c1-31(2,3)40-30(39)34-18-19-35(25(21-34)20-22-10-6-4-7-11-22)29(38)27-28(23-12-8-5-9-13-23)36(33-32-27)24-14-16-26(37)17-15-24/h4-17,25,37H,18-21H2,1-3H3. The number of phenols is 1. The number of ether oxygens (including phenoxy) is 1. The fraction of sp³-hybridized carbons (Fsp3) is 0.290. The van der Waals surface area contributed by atoms with E-state index >= 15 is 0 Å². The van der Waals surface area contributed by atoms with E-state index < -0.39 is 5.60 Å². The molecule has 40 heavy (non-hydrogen) atoms. The molecule has 9 heteroatoms. The van der Waals surface area contributed by atoms with Crippen LogP contribution in [0.2, 0.25) is 0 Å². The molecule has 1 unspecified atom stereocenters. The van der Waals surface area contributed by atoms with Crippen molar-refractivity contribution < 1.29 is 19.4 Å². The molecule has 0 saturated carbocycles. The Morgan fingerprint density at radius 1 is 0.925 bits per heavy atom. The molecule has 0 radical (unpaired) electrons. The van der Waals surface area contributed by atoms with Gasteiger partial charge in [-0.15, -0.1) is 5.10 Å². The van der Waals surface area contributed by atoms with Crippen molar-refractivity contribution in [3.8, 4) is 22.7 Å². The zero-order valence-corrected chi connectivity index (χ0v) is 22.9. The fourth-order valence-electron chi connectivity index (χ4n) is 4.87. The zero-order chi connectivity index (χ0) is 28.3. The predicted molar refractivity (Wildman–Crippen MR) is 151 cm³/mol. The molecule has 1 aromatic heterocycles. The minimum atomic E-state index is -0.615. The highest BCUT2D eigenvalue weighted by Gasteiger charge is 2.37. The van der Waals surface area contributed by atoms with E-state index in [0.29, 0.717) is 37.4 Å². The summed E-state index contributed by atoms with van der Waals surface area (Å²) in [6.45, 7) is 6.54. The lowest BCUT2D eigenvalue weighted by molar-refractivity contribution is 0.00427. The van der Waals surface area contributed by atoms with Gasteiger partial charge in [0, 0.05) is 25.2 Å². The molecule has 1 aliphatic rings. The van der Waals surface area contributed by atoms with Crippen LogP contribution in [0.15, 0.2) is 84.9 Å². The third kappa shape index (κ3) is 5.98. The lowest BCUT2D eigenvalue weighted by atomic mass is 10.0. The first-order valence-corrected chi connectivity index (χ1v) is 13.3. The van der Waals surface area contributed by atoms with Gasteiger partial charge in [-0.2, -0.15) is 0 Å². The summed E-state index contributed by atoms with van der Waals surface area (Å²) < 4.78 is 7.25. The van der Waals surface area contributed by atoms with E-state index in [1.54, 1.807) is 38.7 Å². The second kappa shape index (κ2) is 11.2. The van der Waals surface area contributed by atoms with Crippen molar-refractivity contribution in [1.29, 1.82) is 0 Å². The van der Waals surface area contributed by atoms with Crippen molar-refractivity contribution >= 4 is 12.0 Å². The Morgan fingerprint density at radius 3 is 2.23 bits per heavy atom. The monoisotopic (exact) mass is 539 g/mol. The quantitative estimate of drug-likeness (QED) is 0.385. The Labute approximate surface area is 233 Å². The van der Waals surface area contributed by atoms with E-state index in [4.69, 9.17) is 4.74 Å². The molecule has 1 aliphatic heterocycles. The van der Waals surface area contributed by atoms with Crippen molar-refractivity contribution in [2.45, 2.75) is 38.8 Å². The van der Waals surface area contributed by atoms with Gasteiger partial charge in [0.15, 0.2) is 5.69 Å². The maximum Gasteiger partial charge on any atom is 0.410 e. The lowest BCUT2D eigenvalue weighted by Crippen LogP contribution is -2.58. The van der Waals surface area contributed by atoms with Crippen LogP contribution in [0.3, 0.4) is 0 Å². The van der Waals surface area contributed by atoms with Crippen LogP contribution < -0.4 is 0 Å². The second-order valence-corrected chi connectivity index (χ2v) is 10.8. The first-order chi connectivity index (χ1) is 19.2. The summed E-state index contributed by atoms with van der Waals surface area (Å²) >= 11 is 0. The molecule has 206 valence electrons. The number of carbonyl (C=O) groups is 2. The zero-order valence-electron chi connectivity index (χ0n) is 22.9. The Hall–Kier alpha value is -4.66. The molecular weight excluding hydrogens is 506 g/mol. The number of nitrogens with zero attached hydrogens (tertiary/aromatic N) is 5. The Morgan fingerprint density at radius 2 is 1.57 bits per heavy atom. The Bertz CT molecular complexity index is 1460. The minimum absolute atomic E-state index is 0.132. The highest BCUT2D eigenvalue weighted by molar-refractivity contribution is 5.98. The molecule has 1 N–H and O–H groups in total. The van der Waals surface area contributed by atoms with E-state index in [1.807, 2.05) is 81.4 Å². The number of phenolic OH excluding ortho intramolecular Hbond substituents is 1. The van der Waals surface area contributed by atoms with Crippen LogP contribution in [0.4, 0.5) is 4.79 Å². The average Bonchev–Trinajstić information content (AvgIpc) is 3.38. The van der Waals surface area contributed by atoms with Gasteiger partial charge < -0.3 is 19.6 Å². The smallest absolute Gasteiger partial charge is 0.410 e. The summed E-state index contributed by atoms with van der Waals surface area (Å²) in [5, 5.41) is 18.5. The van der Waals surface area contributed by atoms with Crippen LogP contribution in [0, 0.1) is 0 Å². The van der Waals surface area contributed by atoms with Gasteiger partial charge >= 0.3 is 6.09 Å². The number of benzene rings is 3. The SMILES string of the molecule is CC(C)(C)OC(=O)N1CCN(C(=O)c2nnn(-c3ccc(O)cc3)c2-c2ccccc2)C(Cc2ccccc2)C1. The van der Waals surface area contributed by atoms with Crippen molar-refractivity contribution in [2.75, 3.05) is 19.6 Å². The largest absolute Gasteiger partial charge is 0.508 e. The van der Waals surface area contributed by atoms with Gasteiger partial charge in [-0.1, -0.05) is 65.9 Å². The third-order valence-corrected chi connectivity index (χ3v) is 6.72. The van der Waals surface area contributed by atoms with E-state index in [2.05, 4.69) is 10.3 Å².